The molecule has 4 rings (SSSR count). The Balaban J connectivity index is 1.69. The van der Waals surface area contributed by atoms with E-state index in [2.05, 4.69) is 10.1 Å². The molecule has 0 unspecified atom stereocenters. The molecule has 4 aromatic rings. The van der Waals surface area contributed by atoms with Crippen LogP contribution in [0.25, 0.3) is 5.69 Å². The Hall–Kier alpha value is -3.48. The lowest BCUT2D eigenvalue weighted by molar-refractivity contribution is 0.0719. The maximum Gasteiger partial charge on any atom is 0.274 e. The van der Waals surface area contributed by atoms with Gasteiger partial charge in [0.25, 0.3) is 11.5 Å². The van der Waals surface area contributed by atoms with E-state index in [0.29, 0.717) is 15.7 Å². The first kappa shape index (κ1) is 21.7. The third-order valence-electron chi connectivity index (χ3n) is 4.74. The zero-order chi connectivity index (χ0) is 22.5. The van der Waals surface area contributed by atoms with Gasteiger partial charge in [0.15, 0.2) is 0 Å². The van der Waals surface area contributed by atoms with E-state index in [9.17, 15) is 9.59 Å². The summed E-state index contributed by atoms with van der Waals surface area (Å²) in [6.45, 7) is 0.518. The van der Waals surface area contributed by atoms with E-state index in [-0.39, 0.29) is 30.2 Å². The van der Waals surface area contributed by atoms with Gasteiger partial charge in [0.05, 0.1) is 28.0 Å². The van der Waals surface area contributed by atoms with Crippen molar-refractivity contribution >= 4 is 29.1 Å². The first-order valence-electron chi connectivity index (χ1n) is 9.80. The number of aromatic nitrogens is 3. The highest BCUT2D eigenvalue weighted by atomic mass is 35.5. The van der Waals surface area contributed by atoms with E-state index in [1.54, 1.807) is 47.5 Å². The molecule has 2 heterocycles. The van der Waals surface area contributed by atoms with Gasteiger partial charge in [-0.05, 0) is 48.0 Å². The quantitative estimate of drug-likeness (QED) is 0.411. The summed E-state index contributed by atoms with van der Waals surface area (Å²) >= 11 is 12.2. The highest BCUT2D eigenvalue weighted by Gasteiger charge is 2.20. The topological polar surface area (TPSA) is 68.1 Å². The first-order chi connectivity index (χ1) is 15.5. The predicted octanol–water partition coefficient (Wildman–Crippen LogP) is 4.78. The fourth-order valence-electron chi connectivity index (χ4n) is 3.19. The Labute approximate surface area is 194 Å². The Morgan fingerprint density at radius 2 is 1.66 bits per heavy atom. The van der Waals surface area contributed by atoms with Crippen LogP contribution in [0, 0.1) is 0 Å². The number of carbonyl (C=O) groups is 1. The molecule has 0 atom stereocenters. The minimum atomic E-state index is -0.341. The van der Waals surface area contributed by atoms with E-state index < -0.39 is 0 Å². The summed E-state index contributed by atoms with van der Waals surface area (Å²) < 4.78 is 1.21. The molecule has 160 valence electrons. The van der Waals surface area contributed by atoms with Crippen LogP contribution in [-0.4, -0.2) is 25.6 Å². The normalized spacial score (nSPS) is 10.7. The molecule has 0 radical (unpaired) electrons. The molecule has 1 amide bonds. The highest BCUT2D eigenvalue weighted by molar-refractivity contribution is 6.42. The van der Waals surface area contributed by atoms with Crippen LogP contribution in [0.2, 0.25) is 10.0 Å². The van der Waals surface area contributed by atoms with Crippen molar-refractivity contribution < 1.29 is 4.79 Å². The van der Waals surface area contributed by atoms with Crippen LogP contribution in [0.3, 0.4) is 0 Å². The van der Waals surface area contributed by atoms with Gasteiger partial charge in [-0.15, -0.1) is 0 Å². The van der Waals surface area contributed by atoms with Crippen LogP contribution < -0.4 is 5.56 Å². The summed E-state index contributed by atoms with van der Waals surface area (Å²) in [5.41, 5.74) is 1.92. The van der Waals surface area contributed by atoms with Crippen molar-refractivity contribution in [3.63, 3.8) is 0 Å². The van der Waals surface area contributed by atoms with E-state index in [1.165, 1.54) is 16.8 Å². The predicted molar refractivity (Wildman–Crippen MR) is 124 cm³/mol. The van der Waals surface area contributed by atoms with Crippen molar-refractivity contribution in [1.82, 2.24) is 19.7 Å². The number of amides is 1. The Kier molecular flexibility index (Phi) is 6.63. The van der Waals surface area contributed by atoms with Gasteiger partial charge in [0.2, 0.25) is 0 Å². The Morgan fingerprint density at radius 3 is 2.38 bits per heavy atom. The Bertz CT molecular complexity index is 1290. The van der Waals surface area contributed by atoms with Crippen molar-refractivity contribution in [3.8, 4) is 5.69 Å². The number of halogens is 2. The van der Waals surface area contributed by atoms with Gasteiger partial charge in [0.1, 0.15) is 5.69 Å². The van der Waals surface area contributed by atoms with Gasteiger partial charge >= 0.3 is 0 Å². The summed E-state index contributed by atoms with van der Waals surface area (Å²) in [7, 11) is 0. The summed E-state index contributed by atoms with van der Waals surface area (Å²) in [5, 5.41) is 5.17. The van der Waals surface area contributed by atoms with E-state index in [0.717, 1.165) is 11.3 Å². The average Bonchev–Trinajstić information content (AvgIpc) is 2.82. The average molecular weight is 465 g/mol. The fourth-order valence-corrected chi connectivity index (χ4v) is 3.51. The molecule has 32 heavy (non-hydrogen) atoms. The van der Waals surface area contributed by atoms with Gasteiger partial charge in [0, 0.05) is 18.8 Å². The van der Waals surface area contributed by atoms with Gasteiger partial charge in [-0.1, -0.05) is 53.5 Å². The minimum absolute atomic E-state index is 0.143. The molecule has 0 fully saturated rings. The lowest BCUT2D eigenvalue weighted by Crippen LogP contribution is -2.33. The van der Waals surface area contributed by atoms with E-state index >= 15 is 0 Å². The van der Waals surface area contributed by atoms with Crippen LogP contribution in [0.15, 0.2) is 89.9 Å². The number of nitrogens with zero attached hydrogens (tertiary/aromatic N) is 4. The van der Waals surface area contributed by atoms with Gasteiger partial charge in [-0.3, -0.25) is 14.6 Å². The lowest BCUT2D eigenvalue weighted by atomic mass is 10.2. The molecular weight excluding hydrogens is 447 g/mol. The molecule has 2 aromatic heterocycles. The van der Waals surface area contributed by atoms with E-state index in [4.69, 9.17) is 23.2 Å². The molecule has 0 aliphatic heterocycles. The number of rotatable bonds is 6. The molecule has 0 aliphatic rings. The maximum absolute atomic E-state index is 13.5. The van der Waals surface area contributed by atoms with Crippen LogP contribution in [0.5, 0.6) is 0 Å². The minimum Gasteiger partial charge on any atom is -0.327 e. The fraction of sp³-hybridized carbons (Fsp3) is 0.0833. The Morgan fingerprint density at radius 1 is 0.875 bits per heavy atom. The standard InChI is InChI=1S/C24H18Cl2N4O2/c25-20-10-9-17(14-21(20)26)15-29(16-18-6-4-5-13-27-18)24(32)22-11-12-23(31)30(28-22)19-7-2-1-3-8-19/h1-14H,15-16H2. The highest BCUT2D eigenvalue weighted by Crippen LogP contribution is 2.24. The number of benzene rings is 2. The SMILES string of the molecule is O=C(c1ccc(=O)n(-c2ccccc2)n1)N(Cc1ccc(Cl)c(Cl)c1)Cc1ccccn1. The van der Waals surface area contributed by atoms with Crippen molar-refractivity contribution in [2.45, 2.75) is 13.1 Å². The molecule has 0 saturated carbocycles. The molecule has 0 spiro atoms. The van der Waals surface area contributed by atoms with Crippen LogP contribution in [0.4, 0.5) is 0 Å². The molecule has 2 aromatic carbocycles. The maximum atomic E-state index is 13.5. The van der Waals surface area contributed by atoms with Crippen molar-refractivity contribution in [2.24, 2.45) is 0 Å². The van der Waals surface area contributed by atoms with E-state index in [1.807, 2.05) is 30.3 Å². The lowest BCUT2D eigenvalue weighted by Gasteiger charge is -2.22. The van der Waals surface area contributed by atoms with Crippen molar-refractivity contribution in [3.05, 3.63) is 122 Å². The van der Waals surface area contributed by atoms with Gasteiger partial charge in [-0.2, -0.15) is 9.78 Å². The second kappa shape index (κ2) is 9.77. The molecular formula is C24H18Cl2N4O2. The van der Waals surface area contributed by atoms with Crippen LogP contribution >= 0.6 is 23.2 Å². The second-order valence-corrected chi connectivity index (χ2v) is 7.85. The molecule has 6 nitrogen and oxygen atoms in total. The number of hydrogen-bond donors (Lipinski definition) is 0. The zero-order valence-corrected chi connectivity index (χ0v) is 18.4. The summed E-state index contributed by atoms with van der Waals surface area (Å²) in [6.07, 6.45) is 1.67. The molecule has 8 heteroatoms. The third kappa shape index (κ3) is 5.04. The smallest absolute Gasteiger partial charge is 0.274 e. The number of para-hydroxylation sites is 1. The van der Waals surface area contributed by atoms with Crippen LogP contribution in [-0.2, 0) is 13.1 Å². The monoisotopic (exact) mass is 464 g/mol. The number of pyridine rings is 1. The zero-order valence-electron chi connectivity index (χ0n) is 16.9. The van der Waals surface area contributed by atoms with Gasteiger partial charge in [-0.25, -0.2) is 0 Å². The molecule has 0 saturated heterocycles. The van der Waals surface area contributed by atoms with Crippen molar-refractivity contribution in [1.29, 1.82) is 0 Å². The summed E-state index contributed by atoms with van der Waals surface area (Å²) in [4.78, 5) is 31.7. The molecule has 0 N–H and O–H groups in total. The first-order valence-corrected chi connectivity index (χ1v) is 10.6. The summed E-state index contributed by atoms with van der Waals surface area (Å²) in [6, 6.07) is 22.5. The second-order valence-electron chi connectivity index (χ2n) is 7.03. The van der Waals surface area contributed by atoms with Crippen LogP contribution in [0.1, 0.15) is 21.7 Å². The largest absolute Gasteiger partial charge is 0.327 e. The van der Waals surface area contributed by atoms with Gasteiger partial charge < -0.3 is 4.90 Å². The third-order valence-corrected chi connectivity index (χ3v) is 5.48. The summed E-state index contributed by atoms with van der Waals surface area (Å²) in [5.74, 6) is -0.341. The number of carbonyl (C=O) groups excluding carboxylic acids is 1. The number of hydrogen-bond acceptors (Lipinski definition) is 4. The molecule has 0 aliphatic carbocycles. The molecule has 0 bridgehead atoms. The van der Waals surface area contributed by atoms with Crippen molar-refractivity contribution in [2.75, 3.05) is 0 Å².